The molecule has 6 nitrogen and oxygen atoms in total. The molecule has 0 amide bonds. The molecule has 1 aliphatic carbocycles. The highest BCUT2D eigenvalue weighted by molar-refractivity contribution is 5.51. The van der Waals surface area contributed by atoms with Crippen LogP contribution in [0.4, 0.5) is 5.69 Å². The van der Waals surface area contributed by atoms with E-state index in [0.29, 0.717) is 6.04 Å². The molecule has 0 radical (unpaired) electrons. The first-order valence-electron chi connectivity index (χ1n) is 6.59. The van der Waals surface area contributed by atoms with Crippen LogP contribution in [0.1, 0.15) is 25.7 Å². The van der Waals surface area contributed by atoms with Crippen molar-refractivity contribution in [2.24, 2.45) is 0 Å². The highest BCUT2D eigenvalue weighted by Gasteiger charge is 2.19. The van der Waals surface area contributed by atoms with Gasteiger partial charge in [-0.1, -0.05) is 6.07 Å². The Kier molecular flexibility index (Phi) is 3.41. The summed E-state index contributed by atoms with van der Waals surface area (Å²) in [6, 6.07) is 8.45. The monoisotopic (exact) mass is 259 g/mol. The number of hydrogen-bond acceptors (Lipinski definition) is 5. The molecular formula is C13H17N5O. The van der Waals surface area contributed by atoms with Crippen molar-refractivity contribution in [3.63, 3.8) is 0 Å². The maximum absolute atomic E-state index is 9.51. The predicted octanol–water partition coefficient (Wildman–Crippen LogP) is 1.38. The number of aliphatic hydroxyl groups is 1. The Labute approximate surface area is 111 Å². The average Bonchev–Trinajstić information content (AvgIpc) is 2.96. The molecule has 1 heterocycles. The van der Waals surface area contributed by atoms with E-state index in [1.54, 1.807) is 11.0 Å². The minimum absolute atomic E-state index is 0.120. The maximum atomic E-state index is 9.51. The van der Waals surface area contributed by atoms with E-state index in [1.165, 1.54) is 0 Å². The summed E-state index contributed by atoms with van der Waals surface area (Å²) in [5, 5.41) is 24.2. The van der Waals surface area contributed by atoms with Gasteiger partial charge in [0.25, 0.3) is 0 Å². The zero-order valence-electron chi connectivity index (χ0n) is 10.6. The molecule has 0 aliphatic heterocycles. The third-order valence-corrected chi connectivity index (χ3v) is 3.53. The highest BCUT2D eigenvalue weighted by Crippen LogP contribution is 2.23. The lowest BCUT2D eigenvalue weighted by molar-refractivity contribution is 0.126. The Morgan fingerprint density at radius 1 is 1.21 bits per heavy atom. The first kappa shape index (κ1) is 12.1. The topological polar surface area (TPSA) is 75.9 Å². The van der Waals surface area contributed by atoms with Gasteiger partial charge in [0.1, 0.15) is 6.33 Å². The van der Waals surface area contributed by atoms with Gasteiger partial charge >= 0.3 is 0 Å². The molecule has 6 heteroatoms. The summed E-state index contributed by atoms with van der Waals surface area (Å²) in [4.78, 5) is 0. The van der Waals surface area contributed by atoms with Gasteiger partial charge in [-0.3, -0.25) is 0 Å². The van der Waals surface area contributed by atoms with Gasteiger partial charge in [0.15, 0.2) is 0 Å². The second-order valence-corrected chi connectivity index (χ2v) is 4.95. The smallest absolute Gasteiger partial charge is 0.143 e. The Morgan fingerprint density at radius 2 is 2.05 bits per heavy atom. The number of hydrogen-bond donors (Lipinski definition) is 2. The van der Waals surface area contributed by atoms with Crippen LogP contribution in [0.15, 0.2) is 30.6 Å². The Hall–Kier alpha value is -1.95. The van der Waals surface area contributed by atoms with Crippen LogP contribution in [-0.4, -0.2) is 37.5 Å². The lowest BCUT2D eigenvalue weighted by Crippen LogP contribution is -2.28. The molecule has 0 saturated heterocycles. The lowest BCUT2D eigenvalue weighted by atomic mass is 9.93. The standard InChI is InChI=1S/C13H17N5O/c19-13-6-4-10(5-7-13)15-11-2-1-3-12(8-11)18-9-14-16-17-18/h1-3,8-10,13,15,19H,4-7H2. The normalized spacial score (nSPS) is 23.2. The fourth-order valence-electron chi connectivity index (χ4n) is 2.47. The lowest BCUT2D eigenvalue weighted by Gasteiger charge is -2.27. The summed E-state index contributed by atoms with van der Waals surface area (Å²) in [7, 11) is 0. The molecule has 19 heavy (non-hydrogen) atoms. The predicted molar refractivity (Wildman–Crippen MR) is 71.0 cm³/mol. The van der Waals surface area contributed by atoms with Gasteiger partial charge in [-0.2, -0.15) is 0 Å². The number of tetrazole rings is 1. The van der Waals surface area contributed by atoms with Crippen LogP contribution in [0, 0.1) is 0 Å². The summed E-state index contributed by atoms with van der Waals surface area (Å²) in [5.41, 5.74) is 2.00. The molecule has 1 aliphatic rings. The van der Waals surface area contributed by atoms with E-state index in [4.69, 9.17) is 0 Å². The van der Waals surface area contributed by atoms with E-state index in [-0.39, 0.29) is 6.10 Å². The van der Waals surface area contributed by atoms with Crippen molar-refractivity contribution in [2.75, 3.05) is 5.32 Å². The van der Waals surface area contributed by atoms with Crippen LogP contribution in [-0.2, 0) is 0 Å². The van der Waals surface area contributed by atoms with E-state index in [0.717, 1.165) is 37.1 Å². The minimum Gasteiger partial charge on any atom is -0.393 e. The maximum Gasteiger partial charge on any atom is 0.143 e. The zero-order chi connectivity index (χ0) is 13.1. The largest absolute Gasteiger partial charge is 0.393 e. The fraction of sp³-hybridized carbons (Fsp3) is 0.462. The molecule has 2 N–H and O–H groups in total. The third kappa shape index (κ3) is 2.90. The van der Waals surface area contributed by atoms with Gasteiger partial charge in [-0.25, -0.2) is 4.68 Å². The van der Waals surface area contributed by atoms with Crippen LogP contribution < -0.4 is 5.32 Å². The van der Waals surface area contributed by atoms with Gasteiger partial charge in [-0.15, -0.1) is 5.10 Å². The van der Waals surface area contributed by atoms with E-state index in [9.17, 15) is 5.11 Å². The van der Waals surface area contributed by atoms with E-state index in [1.807, 2.05) is 24.3 Å². The summed E-state index contributed by atoms with van der Waals surface area (Å²) < 4.78 is 1.63. The van der Waals surface area contributed by atoms with Crippen LogP contribution in [0.3, 0.4) is 0 Å². The summed E-state index contributed by atoms with van der Waals surface area (Å²) in [5.74, 6) is 0. The molecule has 0 atom stereocenters. The van der Waals surface area contributed by atoms with Crippen LogP contribution in [0.2, 0.25) is 0 Å². The number of benzene rings is 1. The molecule has 1 aromatic carbocycles. The van der Waals surface area contributed by atoms with Gasteiger partial charge in [0, 0.05) is 11.7 Å². The summed E-state index contributed by atoms with van der Waals surface area (Å²) in [6.45, 7) is 0. The summed E-state index contributed by atoms with van der Waals surface area (Å²) in [6.07, 6.45) is 5.24. The van der Waals surface area contributed by atoms with Crippen LogP contribution in [0.25, 0.3) is 5.69 Å². The quantitative estimate of drug-likeness (QED) is 0.871. The molecule has 1 fully saturated rings. The first-order chi connectivity index (χ1) is 9.31. The number of nitrogens with zero attached hydrogens (tertiary/aromatic N) is 4. The molecule has 0 unspecified atom stereocenters. The summed E-state index contributed by atoms with van der Waals surface area (Å²) >= 11 is 0. The van der Waals surface area contributed by atoms with Crippen molar-refractivity contribution >= 4 is 5.69 Å². The Balaban J connectivity index is 1.70. The Bertz CT molecular complexity index is 520. The van der Waals surface area contributed by atoms with Gasteiger partial charge in [-0.05, 0) is 54.3 Å². The van der Waals surface area contributed by atoms with Crippen LogP contribution in [0.5, 0.6) is 0 Å². The minimum atomic E-state index is -0.120. The third-order valence-electron chi connectivity index (χ3n) is 3.53. The molecule has 2 aromatic rings. The number of aliphatic hydroxyl groups excluding tert-OH is 1. The molecule has 0 spiro atoms. The number of aromatic nitrogens is 4. The van der Waals surface area contributed by atoms with Crippen LogP contribution >= 0.6 is 0 Å². The number of nitrogens with one attached hydrogen (secondary N) is 1. The van der Waals surface area contributed by atoms with Crippen molar-refractivity contribution in [3.05, 3.63) is 30.6 Å². The molecule has 1 saturated carbocycles. The van der Waals surface area contributed by atoms with E-state index < -0.39 is 0 Å². The van der Waals surface area contributed by atoms with Crippen molar-refractivity contribution in [3.8, 4) is 5.69 Å². The SMILES string of the molecule is OC1CCC(Nc2cccc(-n3cnnn3)c2)CC1. The first-order valence-corrected chi connectivity index (χ1v) is 6.59. The van der Waals surface area contributed by atoms with Crippen molar-refractivity contribution in [1.29, 1.82) is 0 Å². The molecule has 1 aromatic heterocycles. The van der Waals surface area contributed by atoms with Crippen molar-refractivity contribution in [2.45, 2.75) is 37.8 Å². The second kappa shape index (κ2) is 5.36. The fourth-order valence-corrected chi connectivity index (χ4v) is 2.47. The molecule has 100 valence electrons. The zero-order valence-corrected chi connectivity index (χ0v) is 10.6. The van der Waals surface area contributed by atoms with Gasteiger partial charge in [0.05, 0.1) is 11.8 Å². The molecular weight excluding hydrogens is 242 g/mol. The number of anilines is 1. The highest BCUT2D eigenvalue weighted by atomic mass is 16.3. The number of rotatable bonds is 3. The van der Waals surface area contributed by atoms with Gasteiger partial charge < -0.3 is 10.4 Å². The Morgan fingerprint density at radius 3 is 2.79 bits per heavy atom. The van der Waals surface area contributed by atoms with Crippen molar-refractivity contribution in [1.82, 2.24) is 20.2 Å². The van der Waals surface area contributed by atoms with Gasteiger partial charge in [0.2, 0.25) is 0 Å². The van der Waals surface area contributed by atoms with E-state index >= 15 is 0 Å². The molecule has 3 rings (SSSR count). The average molecular weight is 259 g/mol. The van der Waals surface area contributed by atoms with E-state index in [2.05, 4.69) is 20.8 Å². The second-order valence-electron chi connectivity index (χ2n) is 4.95. The molecule has 0 bridgehead atoms. The van der Waals surface area contributed by atoms with Crippen molar-refractivity contribution < 1.29 is 5.11 Å².